The van der Waals surface area contributed by atoms with Gasteiger partial charge >= 0.3 is 0 Å². The lowest BCUT2D eigenvalue weighted by molar-refractivity contribution is 0.378. The summed E-state index contributed by atoms with van der Waals surface area (Å²) < 4.78 is 32.0. The summed E-state index contributed by atoms with van der Waals surface area (Å²) in [5.74, 6) is 0.429. The Kier molecular flexibility index (Phi) is 4.99. The van der Waals surface area contributed by atoms with Crippen LogP contribution in [0.3, 0.4) is 0 Å². The van der Waals surface area contributed by atoms with Gasteiger partial charge in [-0.2, -0.15) is 0 Å². The van der Waals surface area contributed by atoms with Crippen LogP contribution in [0.1, 0.15) is 33.0 Å². The third kappa shape index (κ3) is 4.38. The number of halogens is 1. The monoisotopic (exact) mass is 338 g/mol. The largest absolute Gasteiger partial charge is 0.452 e. The van der Waals surface area contributed by atoms with Crippen molar-refractivity contribution in [3.8, 4) is 0 Å². The number of hydrogen-bond donors (Lipinski definition) is 2. The molecule has 0 aromatic carbocycles. The number of hydrogen-bond acceptors (Lipinski definition) is 4. The summed E-state index contributed by atoms with van der Waals surface area (Å²) in [6.45, 7) is 6.72. The molecule has 0 radical (unpaired) electrons. The van der Waals surface area contributed by atoms with E-state index < -0.39 is 10.0 Å². The highest BCUT2D eigenvalue weighted by Gasteiger charge is 2.22. The third-order valence-corrected chi connectivity index (χ3v) is 4.68. The summed E-state index contributed by atoms with van der Waals surface area (Å²) >= 11 is 3.08. The molecule has 0 spiro atoms. The van der Waals surface area contributed by atoms with Crippen molar-refractivity contribution in [1.29, 1.82) is 0 Å². The highest BCUT2D eigenvalue weighted by Crippen LogP contribution is 2.26. The van der Waals surface area contributed by atoms with Gasteiger partial charge in [0, 0.05) is 12.6 Å². The minimum atomic E-state index is -3.55. The van der Waals surface area contributed by atoms with Gasteiger partial charge in [0.2, 0.25) is 10.0 Å². The first-order valence-corrected chi connectivity index (χ1v) is 7.91. The van der Waals surface area contributed by atoms with Crippen molar-refractivity contribution in [3.05, 3.63) is 16.5 Å². The maximum Gasteiger partial charge on any atom is 0.244 e. The number of rotatable bonds is 5. The van der Waals surface area contributed by atoms with Crippen molar-refractivity contribution in [2.75, 3.05) is 6.54 Å². The van der Waals surface area contributed by atoms with Crippen LogP contribution in [0.5, 0.6) is 0 Å². The van der Waals surface area contributed by atoms with Crippen LogP contribution >= 0.6 is 15.9 Å². The quantitative estimate of drug-likeness (QED) is 0.861. The van der Waals surface area contributed by atoms with Gasteiger partial charge in [0.05, 0.1) is 6.54 Å². The zero-order valence-corrected chi connectivity index (χ0v) is 13.2. The lowest BCUT2D eigenvalue weighted by atomic mass is 9.93. The molecule has 1 heterocycles. The number of furan rings is 1. The molecular formula is C11H19BrN2O3S. The molecule has 0 saturated heterocycles. The van der Waals surface area contributed by atoms with Crippen LogP contribution < -0.4 is 10.5 Å². The molecule has 1 aromatic rings. The molecule has 0 aliphatic heterocycles. The molecule has 0 unspecified atom stereocenters. The second-order valence-corrected chi connectivity index (χ2v) is 7.72. The second-order valence-electron chi connectivity index (χ2n) is 5.26. The molecule has 0 amide bonds. The van der Waals surface area contributed by atoms with Gasteiger partial charge in [0.25, 0.3) is 0 Å². The van der Waals surface area contributed by atoms with E-state index in [-0.39, 0.29) is 21.5 Å². The molecule has 0 aliphatic rings. The Morgan fingerprint density at radius 1 is 1.44 bits per heavy atom. The molecule has 3 N–H and O–H groups in total. The smallest absolute Gasteiger partial charge is 0.244 e. The second kappa shape index (κ2) is 5.73. The van der Waals surface area contributed by atoms with E-state index in [1.807, 2.05) is 0 Å². The standard InChI is InChI=1S/C11H19BrN2O3S/c1-11(2,3)4-5-14-18(15,16)9-6-8(7-13)17-10(9)12/h6,14H,4-5,7,13H2,1-3H3. The molecule has 0 saturated carbocycles. The van der Waals surface area contributed by atoms with E-state index in [4.69, 9.17) is 10.2 Å². The fourth-order valence-corrected chi connectivity index (χ4v) is 3.35. The summed E-state index contributed by atoms with van der Waals surface area (Å²) in [4.78, 5) is 0.0943. The van der Waals surface area contributed by atoms with Gasteiger partial charge in [-0.3, -0.25) is 0 Å². The van der Waals surface area contributed by atoms with E-state index in [9.17, 15) is 8.42 Å². The van der Waals surface area contributed by atoms with E-state index in [1.54, 1.807) is 0 Å². The van der Waals surface area contributed by atoms with E-state index in [0.29, 0.717) is 12.3 Å². The van der Waals surface area contributed by atoms with E-state index in [1.165, 1.54) is 6.07 Å². The van der Waals surface area contributed by atoms with E-state index in [0.717, 1.165) is 6.42 Å². The molecule has 18 heavy (non-hydrogen) atoms. The Morgan fingerprint density at radius 2 is 2.06 bits per heavy atom. The van der Waals surface area contributed by atoms with Crippen LogP contribution in [-0.2, 0) is 16.6 Å². The Hall–Kier alpha value is -0.370. The first-order chi connectivity index (χ1) is 8.15. The van der Waals surface area contributed by atoms with Crippen LogP contribution in [0.15, 0.2) is 20.0 Å². The van der Waals surface area contributed by atoms with Crippen LogP contribution in [-0.4, -0.2) is 15.0 Å². The van der Waals surface area contributed by atoms with Crippen molar-refractivity contribution >= 4 is 26.0 Å². The summed E-state index contributed by atoms with van der Waals surface area (Å²) in [5, 5.41) is 0. The Bertz CT molecular complexity index is 503. The predicted molar refractivity (Wildman–Crippen MR) is 73.6 cm³/mol. The molecule has 0 aliphatic carbocycles. The van der Waals surface area contributed by atoms with Gasteiger partial charge in [-0.1, -0.05) is 20.8 Å². The Morgan fingerprint density at radius 3 is 2.50 bits per heavy atom. The highest BCUT2D eigenvalue weighted by atomic mass is 79.9. The van der Waals surface area contributed by atoms with Crippen molar-refractivity contribution < 1.29 is 12.8 Å². The summed E-state index contributed by atoms with van der Waals surface area (Å²) in [7, 11) is -3.55. The normalized spacial score (nSPS) is 12.9. The van der Waals surface area contributed by atoms with Crippen LogP contribution in [0.25, 0.3) is 0 Å². The molecule has 0 atom stereocenters. The molecule has 7 heteroatoms. The average molecular weight is 339 g/mol. The van der Waals surface area contributed by atoms with E-state index in [2.05, 4.69) is 41.4 Å². The lowest BCUT2D eigenvalue weighted by Gasteiger charge is -2.17. The van der Waals surface area contributed by atoms with Crippen molar-refractivity contribution in [2.45, 2.75) is 38.6 Å². The maximum absolute atomic E-state index is 12.0. The maximum atomic E-state index is 12.0. The molecule has 1 aromatic heterocycles. The molecule has 1 rings (SSSR count). The van der Waals surface area contributed by atoms with Gasteiger partial charge in [-0.05, 0) is 27.8 Å². The minimum absolute atomic E-state index is 0.0819. The van der Waals surface area contributed by atoms with E-state index >= 15 is 0 Å². The molecular weight excluding hydrogens is 320 g/mol. The summed E-state index contributed by atoms with van der Waals surface area (Å²) in [6, 6.07) is 1.43. The van der Waals surface area contributed by atoms with Crippen molar-refractivity contribution in [2.24, 2.45) is 11.1 Å². The van der Waals surface area contributed by atoms with Gasteiger partial charge in [0.1, 0.15) is 10.7 Å². The van der Waals surface area contributed by atoms with Crippen LogP contribution in [0.2, 0.25) is 0 Å². The minimum Gasteiger partial charge on any atom is -0.452 e. The molecule has 104 valence electrons. The number of nitrogens with two attached hydrogens (primary N) is 1. The number of nitrogens with one attached hydrogen (secondary N) is 1. The highest BCUT2D eigenvalue weighted by molar-refractivity contribution is 9.10. The fourth-order valence-electron chi connectivity index (χ4n) is 1.32. The fraction of sp³-hybridized carbons (Fsp3) is 0.636. The molecule has 0 fully saturated rings. The SMILES string of the molecule is CC(C)(C)CCNS(=O)(=O)c1cc(CN)oc1Br. The van der Waals surface area contributed by atoms with Crippen molar-refractivity contribution in [1.82, 2.24) is 4.72 Å². The Labute approximate surface area is 116 Å². The average Bonchev–Trinajstić information content (AvgIpc) is 2.58. The van der Waals surface area contributed by atoms with Gasteiger partial charge < -0.3 is 10.2 Å². The predicted octanol–water partition coefficient (Wildman–Crippen LogP) is 2.22. The van der Waals surface area contributed by atoms with Crippen LogP contribution in [0.4, 0.5) is 0 Å². The number of sulfonamides is 1. The molecule has 5 nitrogen and oxygen atoms in total. The van der Waals surface area contributed by atoms with Crippen LogP contribution in [0, 0.1) is 5.41 Å². The van der Waals surface area contributed by atoms with Gasteiger partial charge in [-0.15, -0.1) is 0 Å². The first-order valence-electron chi connectivity index (χ1n) is 5.64. The van der Waals surface area contributed by atoms with Gasteiger partial charge in [0.15, 0.2) is 4.67 Å². The lowest BCUT2D eigenvalue weighted by Crippen LogP contribution is -2.27. The zero-order chi connectivity index (χ0) is 14.0. The zero-order valence-electron chi connectivity index (χ0n) is 10.8. The summed E-state index contributed by atoms with van der Waals surface area (Å²) in [6.07, 6.45) is 0.755. The van der Waals surface area contributed by atoms with Crippen molar-refractivity contribution in [3.63, 3.8) is 0 Å². The van der Waals surface area contributed by atoms with Gasteiger partial charge in [-0.25, -0.2) is 13.1 Å². The molecule has 0 bridgehead atoms. The summed E-state index contributed by atoms with van der Waals surface area (Å²) in [5.41, 5.74) is 5.48. The third-order valence-electron chi connectivity index (χ3n) is 2.36. The Balaban J connectivity index is 2.77. The first kappa shape index (κ1) is 15.7. The topological polar surface area (TPSA) is 85.3 Å².